The quantitative estimate of drug-likeness (QED) is 0.852. The Balaban J connectivity index is 2.40. The van der Waals surface area contributed by atoms with Crippen LogP contribution in [0.2, 0.25) is 0 Å². The Hall–Kier alpha value is -1.22. The van der Waals surface area contributed by atoms with Crippen molar-refractivity contribution >= 4 is 5.69 Å². The van der Waals surface area contributed by atoms with Crippen LogP contribution in [0.25, 0.3) is 0 Å². The molecule has 1 aromatic rings. The first-order valence-corrected chi connectivity index (χ1v) is 8.33. The smallest absolute Gasteiger partial charge is 0.125 e. The average Bonchev–Trinajstić information content (AvgIpc) is 2.54. The van der Waals surface area contributed by atoms with Gasteiger partial charge in [0, 0.05) is 29.9 Å². The van der Waals surface area contributed by atoms with Crippen molar-refractivity contribution in [1.29, 1.82) is 0 Å². The number of rotatable bonds is 6. The lowest BCUT2D eigenvalue weighted by molar-refractivity contribution is 0.400. The fourth-order valence-electron chi connectivity index (χ4n) is 3.49. The fraction of sp³-hybridized carbons (Fsp3) is 0.667. The third kappa shape index (κ3) is 3.52. The van der Waals surface area contributed by atoms with Gasteiger partial charge in [-0.15, -0.1) is 0 Å². The molecule has 1 fully saturated rings. The van der Waals surface area contributed by atoms with E-state index in [9.17, 15) is 0 Å². The molecule has 21 heavy (non-hydrogen) atoms. The Morgan fingerprint density at radius 2 is 2.19 bits per heavy atom. The predicted octanol–water partition coefficient (Wildman–Crippen LogP) is 4.13. The Bertz CT molecular complexity index is 445. The predicted molar refractivity (Wildman–Crippen MR) is 90.4 cm³/mol. The van der Waals surface area contributed by atoms with Gasteiger partial charge in [0.1, 0.15) is 5.75 Å². The molecule has 0 saturated carbocycles. The largest absolute Gasteiger partial charge is 0.496 e. The Morgan fingerprint density at radius 1 is 1.38 bits per heavy atom. The molecule has 1 saturated heterocycles. The van der Waals surface area contributed by atoms with Crippen LogP contribution in [-0.2, 0) is 0 Å². The minimum absolute atomic E-state index is 0.292. The second-order valence-corrected chi connectivity index (χ2v) is 6.04. The molecule has 0 bridgehead atoms. The maximum absolute atomic E-state index is 5.63. The number of hydrogen-bond acceptors (Lipinski definition) is 3. The van der Waals surface area contributed by atoms with E-state index in [1.165, 1.54) is 49.9 Å². The van der Waals surface area contributed by atoms with Crippen LogP contribution in [0.3, 0.4) is 0 Å². The summed E-state index contributed by atoms with van der Waals surface area (Å²) in [5, 5.41) is 3.38. The first-order chi connectivity index (χ1) is 10.2. The second-order valence-electron chi connectivity index (χ2n) is 6.04. The van der Waals surface area contributed by atoms with Crippen LogP contribution in [0.4, 0.5) is 5.69 Å². The van der Waals surface area contributed by atoms with E-state index in [1.807, 2.05) is 7.05 Å². The van der Waals surface area contributed by atoms with Crippen molar-refractivity contribution in [3.05, 3.63) is 23.8 Å². The Labute approximate surface area is 129 Å². The normalized spacial score (nSPS) is 20.4. The first-order valence-electron chi connectivity index (χ1n) is 8.33. The zero-order chi connectivity index (χ0) is 15.2. The summed E-state index contributed by atoms with van der Waals surface area (Å²) >= 11 is 0. The van der Waals surface area contributed by atoms with E-state index in [4.69, 9.17) is 4.74 Å². The number of hydrogen-bond donors (Lipinski definition) is 1. The van der Waals surface area contributed by atoms with Gasteiger partial charge in [-0.1, -0.05) is 19.4 Å². The van der Waals surface area contributed by atoms with Crippen molar-refractivity contribution in [3.63, 3.8) is 0 Å². The molecule has 2 rings (SSSR count). The van der Waals surface area contributed by atoms with Gasteiger partial charge in [-0.2, -0.15) is 0 Å². The first kappa shape index (κ1) is 16.2. The molecule has 2 atom stereocenters. The number of benzene rings is 1. The minimum atomic E-state index is 0.292. The molecule has 3 heteroatoms. The van der Waals surface area contributed by atoms with Crippen LogP contribution in [0.1, 0.15) is 57.6 Å². The highest BCUT2D eigenvalue weighted by atomic mass is 16.5. The topological polar surface area (TPSA) is 24.5 Å². The van der Waals surface area contributed by atoms with Crippen LogP contribution in [0.15, 0.2) is 18.2 Å². The van der Waals surface area contributed by atoms with E-state index < -0.39 is 0 Å². The molecule has 1 aromatic carbocycles. The molecular weight excluding hydrogens is 260 g/mol. The number of anilines is 1. The Morgan fingerprint density at radius 3 is 2.86 bits per heavy atom. The highest BCUT2D eigenvalue weighted by molar-refractivity contribution is 5.61. The van der Waals surface area contributed by atoms with Gasteiger partial charge in [0.15, 0.2) is 0 Å². The van der Waals surface area contributed by atoms with Crippen molar-refractivity contribution in [2.75, 3.05) is 25.6 Å². The van der Waals surface area contributed by atoms with Gasteiger partial charge in [0.05, 0.1) is 7.11 Å². The lowest BCUT2D eigenvalue weighted by atomic mass is 9.95. The van der Waals surface area contributed by atoms with Crippen molar-refractivity contribution < 1.29 is 4.74 Å². The van der Waals surface area contributed by atoms with Crippen molar-refractivity contribution in [1.82, 2.24) is 5.32 Å². The van der Waals surface area contributed by atoms with E-state index in [0.717, 1.165) is 5.75 Å². The van der Waals surface area contributed by atoms with Crippen LogP contribution >= 0.6 is 0 Å². The molecule has 0 spiro atoms. The summed E-state index contributed by atoms with van der Waals surface area (Å²) in [7, 11) is 3.78. The number of nitrogens with one attached hydrogen (secondary N) is 1. The van der Waals surface area contributed by atoms with E-state index in [2.05, 4.69) is 42.3 Å². The zero-order valence-electron chi connectivity index (χ0n) is 14.0. The third-order valence-electron chi connectivity index (χ3n) is 4.69. The molecule has 1 aliphatic heterocycles. The average molecular weight is 290 g/mol. The highest BCUT2D eigenvalue weighted by Gasteiger charge is 2.26. The molecule has 1 N–H and O–H groups in total. The summed E-state index contributed by atoms with van der Waals surface area (Å²) in [5.74, 6) is 0.996. The molecular formula is C18H30N2O. The summed E-state index contributed by atoms with van der Waals surface area (Å²) in [6.07, 6.45) is 6.51. The summed E-state index contributed by atoms with van der Waals surface area (Å²) in [6, 6.07) is 7.43. The third-order valence-corrected chi connectivity index (χ3v) is 4.69. The lowest BCUT2D eigenvalue weighted by Gasteiger charge is -2.39. The van der Waals surface area contributed by atoms with Gasteiger partial charge in [0.2, 0.25) is 0 Å². The van der Waals surface area contributed by atoms with Gasteiger partial charge in [-0.05, 0) is 51.8 Å². The number of piperidine rings is 1. The summed E-state index contributed by atoms with van der Waals surface area (Å²) in [6.45, 7) is 5.66. The van der Waals surface area contributed by atoms with E-state index in [0.29, 0.717) is 12.1 Å². The van der Waals surface area contributed by atoms with Gasteiger partial charge in [0.25, 0.3) is 0 Å². The zero-order valence-corrected chi connectivity index (χ0v) is 14.0. The fourth-order valence-corrected chi connectivity index (χ4v) is 3.49. The van der Waals surface area contributed by atoms with Crippen molar-refractivity contribution in [3.8, 4) is 5.75 Å². The van der Waals surface area contributed by atoms with Crippen molar-refractivity contribution in [2.24, 2.45) is 0 Å². The van der Waals surface area contributed by atoms with Crippen molar-refractivity contribution in [2.45, 2.75) is 58.0 Å². The SMILES string of the molecule is CCCC1CCCCN1c1cccc(OC)c1C(C)NC. The van der Waals surface area contributed by atoms with Gasteiger partial charge >= 0.3 is 0 Å². The monoisotopic (exact) mass is 290 g/mol. The van der Waals surface area contributed by atoms with E-state index in [1.54, 1.807) is 7.11 Å². The Kier molecular flexibility index (Phi) is 5.92. The molecule has 0 radical (unpaired) electrons. The summed E-state index contributed by atoms with van der Waals surface area (Å²) in [5.41, 5.74) is 2.65. The molecule has 0 amide bonds. The molecule has 0 aromatic heterocycles. The molecule has 1 heterocycles. The van der Waals surface area contributed by atoms with Crippen LogP contribution < -0.4 is 15.0 Å². The van der Waals surface area contributed by atoms with Crippen LogP contribution in [0.5, 0.6) is 5.75 Å². The molecule has 0 aliphatic carbocycles. The van der Waals surface area contributed by atoms with E-state index in [-0.39, 0.29) is 0 Å². The molecule has 3 nitrogen and oxygen atoms in total. The minimum Gasteiger partial charge on any atom is -0.496 e. The standard InChI is InChI=1S/C18H30N2O/c1-5-9-15-10-6-7-13-20(15)16-11-8-12-17(21-4)18(16)14(2)19-3/h8,11-12,14-15,19H,5-7,9-10,13H2,1-4H3. The number of ether oxygens (including phenoxy) is 1. The van der Waals surface area contributed by atoms with Gasteiger partial charge in [-0.3, -0.25) is 0 Å². The summed E-state index contributed by atoms with van der Waals surface area (Å²) < 4.78 is 5.63. The van der Waals surface area contributed by atoms with Crippen LogP contribution in [-0.4, -0.2) is 26.7 Å². The highest BCUT2D eigenvalue weighted by Crippen LogP contribution is 2.38. The lowest BCUT2D eigenvalue weighted by Crippen LogP contribution is -2.40. The maximum atomic E-state index is 5.63. The van der Waals surface area contributed by atoms with Gasteiger partial charge in [-0.25, -0.2) is 0 Å². The molecule has 118 valence electrons. The molecule has 1 aliphatic rings. The molecule has 2 unspecified atom stereocenters. The number of methoxy groups -OCH3 is 1. The number of nitrogens with zero attached hydrogens (tertiary/aromatic N) is 1. The van der Waals surface area contributed by atoms with Crippen LogP contribution in [0, 0.1) is 0 Å². The second kappa shape index (κ2) is 7.69. The maximum Gasteiger partial charge on any atom is 0.125 e. The summed E-state index contributed by atoms with van der Waals surface area (Å²) in [4.78, 5) is 2.62. The van der Waals surface area contributed by atoms with Gasteiger partial charge < -0.3 is 15.0 Å². The van der Waals surface area contributed by atoms with E-state index >= 15 is 0 Å².